The minimum Gasteiger partial charge on any atom is -0.462 e. The average molecular weight is 519 g/mol. The lowest BCUT2D eigenvalue weighted by Gasteiger charge is -2.33. The molecule has 1 saturated heterocycles. The molecule has 5 rings (SSSR count). The van der Waals surface area contributed by atoms with Crippen LogP contribution in [-0.4, -0.2) is 52.5 Å². The van der Waals surface area contributed by atoms with E-state index in [1.54, 1.807) is 12.1 Å². The molecule has 2 aliphatic carbocycles. The van der Waals surface area contributed by atoms with Crippen LogP contribution in [0.15, 0.2) is 18.2 Å². The molecule has 2 amide bonds. The molecule has 2 aromatic heterocycles. The van der Waals surface area contributed by atoms with Crippen LogP contribution >= 0.6 is 0 Å². The first kappa shape index (κ1) is 25.7. The first-order valence-corrected chi connectivity index (χ1v) is 13.3. The summed E-state index contributed by atoms with van der Waals surface area (Å²) in [7, 11) is 0. The summed E-state index contributed by atoms with van der Waals surface area (Å²) < 4.78 is 5.85. The van der Waals surface area contributed by atoms with E-state index in [-0.39, 0.29) is 47.6 Å². The highest BCUT2D eigenvalue weighted by molar-refractivity contribution is 5.96. The summed E-state index contributed by atoms with van der Waals surface area (Å²) in [5.41, 5.74) is 12.2. The van der Waals surface area contributed by atoms with E-state index in [1.165, 1.54) is 0 Å². The number of nitrogens with one attached hydrogen (secondary N) is 1. The van der Waals surface area contributed by atoms with Gasteiger partial charge in [0.15, 0.2) is 5.69 Å². The molecule has 11 heteroatoms. The number of aromatic nitrogens is 3. The van der Waals surface area contributed by atoms with Gasteiger partial charge in [0.2, 0.25) is 0 Å². The Morgan fingerprint density at radius 3 is 2.58 bits per heavy atom. The van der Waals surface area contributed by atoms with Crippen molar-refractivity contribution >= 4 is 23.3 Å². The lowest BCUT2D eigenvalue weighted by Crippen LogP contribution is -2.36. The van der Waals surface area contributed by atoms with E-state index in [9.17, 15) is 14.9 Å². The van der Waals surface area contributed by atoms with Crippen molar-refractivity contribution in [3.05, 3.63) is 35.3 Å². The van der Waals surface area contributed by atoms with Gasteiger partial charge in [-0.3, -0.25) is 9.59 Å². The van der Waals surface area contributed by atoms with Crippen LogP contribution in [0.25, 0.3) is 0 Å². The number of piperidine rings is 1. The molecule has 0 bridgehead atoms. The number of rotatable bonds is 8. The Bertz CT molecular complexity index is 1260. The molecule has 2 aromatic rings. The summed E-state index contributed by atoms with van der Waals surface area (Å²) in [5.74, 6) is 0.469. The number of ether oxygens (including phenoxy) is 1. The van der Waals surface area contributed by atoms with Gasteiger partial charge >= 0.3 is 6.01 Å². The third kappa shape index (κ3) is 5.64. The third-order valence-corrected chi connectivity index (χ3v) is 7.94. The van der Waals surface area contributed by atoms with Crippen LogP contribution in [0.5, 0.6) is 6.01 Å². The van der Waals surface area contributed by atoms with Crippen molar-refractivity contribution in [1.29, 1.82) is 5.26 Å². The first-order valence-electron chi connectivity index (χ1n) is 13.3. The minimum atomic E-state index is -0.641. The summed E-state index contributed by atoms with van der Waals surface area (Å²) >= 11 is 0. The lowest BCUT2D eigenvalue weighted by molar-refractivity contribution is 0.0929. The van der Waals surface area contributed by atoms with Gasteiger partial charge in [0.1, 0.15) is 18.1 Å². The van der Waals surface area contributed by atoms with E-state index in [4.69, 9.17) is 16.2 Å². The molecule has 0 aromatic carbocycles. The highest BCUT2D eigenvalue weighted by Crippen LogP contribution is 2.45. The smallest absolute Gasteiger partial charge is 0.319 e. The van der Waals surface area contributed by atoms with Crippen LogP contribution < -0.4 is 26.4 Å². The maximum atomic E-state index is 13.1. The molecule has 2 saturated carbocycles. The molecule has 0 unspecified atom stereocenters. The number of nitrogen functional groups attached to an aromatic ring is 1. The van der Waals surface area contributed by atoms with Crippen molar-refractivity contribution in [3.63, 3.8) is 0 Å². The van der Waals surface area contributed by atoms with Crippen molar-refractivity contribution < 1.29 is 14.3 Å². The quantitative estimate of drug-likeness (QED) is 0.474. The van der Waals surface area contributed by atoms with Gasteiger partial charge < -0.3 is 26.4 Å². The zero-order chi connectivity index (χ0) is 26.9. The number of anilines is 2. The number of pyridine rings is 1. The van der Waals surface area contributed by atoms with E-state index < -0.39 is 11.3 Å². The van der Waals surface area contributed by atoms with Gasteiger partial charge in [-0.1, -0.05) is 6.92 Å². The number of primary amides is 1. The van der Waals surface area contributed by atoms with E-state index in [0.29, 0.717) is 24.8 Å². The molecule has 1 aliphatic heterocycles. The zero-order valence-electron chi connectivity index (χ0n) is 21.7. The van der Waals surface area contributed by atoms with Crippen molar-refractivity contribution in [2.24, 2.45) is 17.1 Å². The summed E-state index contributed by atoms with van der Waals surface area (Å²) in [6.07, 6.45) is 6.15. The van der Waals surface area contributed by atoms with E-state index >= 15 is 0 Å². The number of nitrogens with zero attached hydrogens (tertiary/aromatic N) is 5. The third-order valence-electron chi connectivity index (χ3n) is 7.94. The second-order valence-corrected chi connectivity index (χ2v) is 11.0. The van der Waals surface area contributed by atoms with Crippen molar-refractivity contribution in [2.75, 3.05) is 30.3 Å². The molecule has 38 heavy (non-hydrogen) atoms. The molecule has 0 radical (unpaired) electrons. The fourth-order valence-corrected chi connectivity index (χ4v) is 5.31. The Balaban J connectivity index is 1.32. The minimum absolute atomic E-state index is 0.0978. The Morgan fingerprint density at radius 1 is 1.18 bits per heavy atom. The van der Waals surface area contributed by atoms with Gasteiger partial charge in [-0.05, 0) is 63.0 Å². The van der Waals surface area contributed by atoms with Gasteiger partial charge in [0.25, 0.3) is 11.8 Å². The maximum absolute atomic E-state index is 13.1. The van der Waals surface area contributed by atoms with Gasteiger partial charge in [-0.2, -0.15) is 15.2 Å². The fraction of sp³-hybridized carbons (Fsp3) is 0.556. The number of nitriles is 1. The zero-order valence-corrected chi connectivity index (χ0v) is 21.7. The summed E-state index contributed by atoms with van der Waals surface area (Å²) in [6.45, 7) is 3.74. The Kier molecular flexibility index (Phi) is 7.06. The molecular weight excluding hydrogens is 484 g/mol. The molecule has 0 spiro atoms. The molecule has 3 heterocycles. The Labute approximate surface area is 222 Å². The highest BCUT2D eigenvalue weighted by Gasteiger charge is 2.44. The molecule has 5 N–H and O–H groups in total. The van der Waals surface area contributed by atoms with E-state index in [0.717, 1.165) is 50.6 Å². The molecule has 3 aliphatic rings. The van der Waals surface area contributed by atoms with Crippen LogP contribution in [0, 0.1) is 22.7 Å². The number of nitrogens with two attached hydrogens (primary N) is 2. The second-order valence-electron chi connectivity index (χ2n) is 11.0. The predicted molar refractivity (Wildman–Crippen MR) is 140 cm³/mol. The number of hydrogen-bond donors (Lipinski definition) is 3. The van der Waals surface area contributed by atoms with Crippen molar-refractivity contribution in [1.82, 2.24) is 20.3 Å². The van der Waals surface area contributed by atoms with Gasteiger partial charge in [0, 0.05) is 36.8 Å². The van der Waals surface area contributed by atoms with Gasteiger partial charge in [-0.15, -0.1) is 0 Å². The molecule has 2 atom stereocenters. The van der Waals surface area contributed by atoms with Crippen molar-refractivity contribution in [2.45, 2.75) is 63.8 Å². The highest BCUT2D eigenvalue weighted by atomic mass is 16.5. The topological polar surface area (TPSA) is 173 Å². The SMILES string of the molecule is C[C@H]1CC[C@H](NC(=O)c2cc(N3CCC(c4ccc(N)c(C(N)=O)n4)CC3)nc(OCC3(C#N)CC3)n2)C1. The molecule has 3 fully saturated rings. The van der Waals surface area contributed by atoms with Crippen LogP contribution in [0.4, 0.5) is 11.5 Å². The Hall–Kier alpha value is -3.94. The standard InChI is InChI=1S/C27H34N8O3/c1-16-2-3-18(12-16)31-25(37)21-13-22(34-26(33-21)38-15-27(14-28)8-9-27)35-10-6-17(7-11-35)20-5-4-19(29)23(32-20)24(30)36/h4-5,13,16-18H,2-3,6-12,15,29H2,1H3,(H2,30,36)(H,31,37)/t16-,18-/m0/s1. The second kappa shape index (κ2) is 10.4. The van der Waals surface area contributed by atoms with Crippen LogP contribution in [0.3, 0.4) is 0 Å². The number of carbonyl (C=O) groups is 2. The summed E-state index contributed by atoms with van der Waals surface area (Å²) in [5, 5.41) is 12.5. The monoisotopic (exact) mass is 518 g/mol. The van der Waals surface area contributed by atoms with E-state index in [2.05, 4.69) is 38.2 Å². The van der Waals surface area contributed by atoms with Crippen LogP contribution in [0.1, 0.15) is 84.5 Å². The predicted octanol–water partition coefficient (Wildman–Crippen LogP) is 2.54. The summed E-state index contributed by atoms with van der Waals surface area (Å²) in [4.78, 5) is 40.3. The number of carbonyl (C=O) groups excluding carboxylic acids is 2. The van der Waals surface area contributed by atoms with E-state index in [1.807, 2.05) is 6.07 Å². The maximum Gasteiger partial charge on any atom is 0.319 e. The van der Waals surface area contributed by atoms with Gasteiger partial charge in [-0.25, -0.2) is 4.98 Å². The summed E-state index contributed by atoms with van der Waals surface area (Å²) in [6, 6.07) is 7.79. The fourth-order valence-electron chi connectivity index (χ4n) is 5.31. The van der Waals surface area contributed by atoms with Crippen LogP contribution in [-0.2, 0) is 0 Å². The Morgan fingerprint density at radius 2 is 1.95 bits per heavy atom. The molecule has 11 nitrogen and oxygen atoms in total. The largest absolute Gasteiger partial charge is 0.462 e. The van der Waals surface area contributed by atoms with Gasteiger partial charge in [0.05, 0.1) is 17.2 Å². The van der Waals surface area contributed by atoms with Crippen LogP contribution in [0.2, 0.25) is 0 Å². The van der Waals surface area contributed by atoms with Crippen molar-refractivity contribution in [3.8, 4) is 12.1 Å². The normalized spacial score (nSPS) is 22.5. The first-order chi connectivity index (χ1) is 18.2. The average Bonchev–Trinajstić information content (AvgIpc) is 3.60. The lowest BCUT2D eigenvalue weighted by atomic mass is 9.92. The molecule has 200 valence electrons. The molecular formula is C27H34N8O3. The number of hydrogen-bond acceptors (Lipinski definition) is 9. The number of amides is 2.